The summed E-state index contributed by atoms with van der Waals surface area (Å²) in [5.74, 6) is 4.11. The van der Waals surface area contributed by atoms with E-state index in [4.69, 9.17) is 15.9 Å². The molecular formula is C12H15NO2. The minimum atomic E-state index is 0.551. The van der Waals surface area contributed by atoms with Crippen LogP contribution in [0.2, 0.25) is 0 Å². The number of hydrogen-bond acceptors (Lipinski definition) is 3. The number of rotatable bonds is 5. The summed E-state index contributed by atoms with van der Waals surface area (Å²) in [5.41, 5.74) is 1.06. The van der Waals surface area contributed by atoms with Crippen molar-refractivity contribution in [2.45, 2.75) is 6.54 Å². The third-order valence-corrected chi connectivity index (χ3v) is 2.04. The highest BCUT2D eigenvalue weighted by molar-refractivity contribution is 5.40. The van der Waals surface area contributed by atoms with Gasteiger partial charge in [-0.3, -0.25) is 0 Å². The molecule has 0 saturated carbocycles. The van der Waals surface area contributed by atoms with Gasteiger partial charge in [0.1, 0.15) is 11.5 Å². The molecule has 0 amide bonds. The van der Waals surface area contributed by atoms with Gasteiger partial charge in [-0.25, -0.2) is 0 Å². The molecule has 0 radical (unpaired) electrons. The molecule has 0 aliphatic heterocycles. The van der Waals surface area contributed by atoms with Gasteiger partial charge in [-0.2, -0.15) is 0 Å². The highest BCUT2D eigenvalue weighted by atomic mass is 16.5. The molecular weight excluding hydrogens is 190 g/mol. The molecule has 1 N–H and O–H groups in total. The van der Waals surface area contributed by atoms with Crippen LogP contribution in [0.25, 0.3) is 0 Å². The number of methoxy groups -OCH3 is 2. The van der Waals surface area contributed by atoms with Gasteiger partial charge < -0.3 is 14.8 Å². The van der Waals surface area contributed by atoms with Crippen LogP contribution in [0.15, 0.2) is 18.2 Å². The molecule has 0 atom stereocenters. The first-order chi connectivity index (χ1) is 7.31. The Morgan fingerprint density at radius 2 is 2.13 bits per heavy atom. The molecule has 15 heavy (non-hydrogen) atoms. The average molecular weight is 205 g/mol. The zero-order chi connectivity index (χ0) is 11.1. The Bertz CT molecular complexity index is 355. The highest BCUT2D eigenvalue weighted by Crippen LogP contribution is 2.24. The van der Waals surface area contributed by atoms with Crippen LogP contribution in [0, 0.1) is 12.3 Å². The second-order valence-electron chi connectivity index (χ2n) is 2.99. The second kappa shape index (κ2) is 5.94. The molecule has 0 spiro atoms. The number of ether oxygens (including phenoxy) is 2. The number of nitrogens with one attached hydrogen (secondary N) is 1. The second-order valence-corrected chi connectivity index (χ2v) is 2.99. The quantitative estimate of drug-likeness (QED) is 0.582. The van der Waals surface area contributed by atoms with E-state index in [-0.39, 0.29) is 0 Å². The van der Waals surface area contributed by atoms with Gasteiger partial charge in [0.25, 0.3) is 0 Å². The zero-order valence-corrected chi connectivity index (χ0v) is 9.04. The summed E-state index contributed by atoms with van der Waals surface area (Å²) < 4.78 is 10.4. The molecule has 3 nitrogen and oxygen atoms in total. The summed E-state index contributed by atoms with van der Waals surface area (Å²) in [6, 6.07) is 5.71. The Morgan fingerprint density at radius 1 is 1.33 bits per heavy atom. The standard InChI is InChI=1S/C12H15NO2/c1-4-7-13-9-10-5-6-11(14-2)8-12(10)15-3/h1,5-6,8,13H,7,9H2,2-3H3. The van der Waals surface area contributed by atoms with Gasteiger partial charge in [0, 0.05) is 18.2 Å². The fourth-order valence-corrected chi connectivity index (χ4v) is 1.27. The van der Waals surface area contributed by atoms with Crippen molar-refractivity contribution in [2.75, 3.05) is 20.8 Å². The van der Waals surface area contributed by atoms with Gasteiger partial charge in [-0.05, 0) is 6.07 Å². The Balaban J connectivity index is 2.74. The van der Waals surface area contributed by atoms with Crippen LogP contribution in [-0.4, -0.2) is 20.8 Å². The van der Waals surface area contributed by atoms with Gasteiger partial charge in [-0.1, -0.05) is 12.0 Å². The van der Waals surface area contributed by atoms with E-state index in [0.717, 1.165) is 17.1 Å². The summed E-state index contributed by atoms with van der Waals surface area (Å²) in [4.78, 5) is 0. The van der Waals surface area contributed by atoms with E-state index in [1.54, 1.807) is 14.2 Å². The topological polar surface area (TPSA) is 30.5 Å². The fraction of sp³-hybridized carbons (Fsp3) is 0.333. The summed E-state index contributed by atoms with van der Waals surface area (Å²) in [6.45, 7) is 1.24. The maximum atomic E-state index is 5.25. The van der Waals surface area contributed by atoms with Crippen LogP contribution in [0.4, 0.5) is 0 Å². The summed E-state index contributed by atoms with van der Waals surface area (Å²) in [5, 5.41) is 3.11. The van der Waals surface area contributed by atoms with E-state index < -0.39 is 0 Å². The van der Waals surface area contributed by atoms with Crippen LogP contribution in [0.5, 0.6) is 11.5 Å². The smallest absolute Gasteiger partial charge is 0.127 e. The van der Waals surface area contributed by atoms with Gasteiger partial charge >= 0.3 is 0 Å². The minimum absolute atomic E-state index is 0.551. The minimum Gasteiger partial charge on any atom is -0.497 e. The Hall–Kier alpha value is -1.66. The van der Waals surface area contributed by atoms with Crippen molar-refractivity contribution in [1.29, 1.82) is 0 Å². The van der Waals surface area contributed by atoms with Crippen molar-refractivity contribution in [3.63, 3.8) is 0 Å². The molecule has 80 valence electrons. The lowest BCUT2D eigenvalue weighted by atomic mass is 10.2. The van der Waals surface area contributed by atoms with Gasteiger partial charge in [0.15, 0.2) is 0 Å². The molecule has 0 aliphatic rings. The summed E-state index contributed by atoms with van der Waals surface area (Å²) in [7, 11) is 3.27. The lowest BCUT2D eigenvalue weighted by molar-refractivity contribution is 0.390. The molecule has 3 heteroatoms. The molecule has 1 aromatic carbocycles. The van der Waals surface area contributed by atoms with E-state index in [2.05, 4.69) is 11.2 Å². The van der Waals surface area contributed by atoms with E-state index in [9.17, 15) is 0 Å². The van der Waals surface area contributed by atoms with E-state index in [1.165, 1.54) is 0 Å². The lowest BCUT2D eigenvalue weighted by Crippen LogP contribution is -2.13. The first-order valence-electron chi connectivity index (χ1n) is 4.67. The first kappa shape index (κ1) is 11.4. The van der Waals surface area contributed by atoms with E-state index >= 15 is 0 Å². The Morgan fingerprint density at radius 3 is 2.73 bits per heavy atom. The molecule has 0 bridgehead atoms. The normalized spacial score (nSPS) is 9.40. The molecule has 1 rings (SSSR count). The van der Waals surface area contributed by atoms with Crippen molar-refractivity contribution in [1.82, 2.24) is 5.32 Å². The lowest BCUT2D eigenvalue weighted by Gasteiger charge is -2.10. The van der Waals surface area contributed by atoms with Crippen LogP contribution in [0.1, 0.15) is 5.56 Å². The van der Waals surface area contributed by atoms with Crippen molar-refractivity contribution >= 4 is 0 Å². The molecule has 0 heterocycles. The van der Waals surface area contributed by atoms with Crippen molar-refractivity contribution in [3.8, 4) is 23.8 Å². The Labute approximate surface area is 90.4 Å². The third kappa shape index (κ3) is 3.19. The molecule has 0 aliphatic carbocycles. The average Bonchev–Trinajstić information content (AvgIpc) is 2.29. The molecule has 0 aromatic heterocycles. The summed E-state index contributed by atoms with van der Waals surface area (Å²) in [6.07, 6.45) is 5.15. The van der Waals surface area contributed by atoms with Gasteiger partial charge in [-0.15, -0.1) is 6.42 Å². The maximum absolute atomic E-state index is 5.25. The first-order valence-corrected chi connectivity index (χ1v) is 4.67. The molecule has 0 fully saturated rings. The third-order valence-electron chi connectivity index (χ3n) is 2.04. The number of benzene rings is 1. The maximum Gasteiger partial charge on any atom is 0.127 e. The Kier molecular flexibility index (Phi) is 4.52. The van der Waals surface area contributed by atoms with Gasteiger partial charge in [0.05, 0.1) is 20.8 Å². The number of hydrogen-bond donors (Lipinski definition) is 1. The monoisotopic (exact) mass is 205 g/mol. The highest BCUT2D eigenvalue weighted by Gasteiger charge is 2.03. The van der Waals surface area contributed by atoms with Crippen molar-refractivity contribution < 1.29 is 9.47 Å². The van der Waals surface area contributed by atoms with E-state index in [0.29, 0.717) is 13.1 Å². The van der Waals surface area contributed by atoms with Crippen molar-refractivity contribution in [2.24, 2.45) is 0 Å². The molecule has 0 unspecified atom stereocenters. The van der Waals surface area contributed by atoms with Crippen LogP contribution >= 0.6 is 0 Å². The SMILES string of the molecule is C#CCNCc1ccc(OC)cc1OC. The molecule has 0 saturated heterocycles. The zero-order valence-electron chi connectivity index (χ0n) is 9.04. The number of terminal acetylenes is 1. The van der Waals surface area contributed by atoms with Gasteiger partial charge in [0.2, 0.25) is 0 Å². The van der Waals surface area contributed by atoms with Crippen LogP contribution < -0.4 is 14.8 Å². The fourth-order valence-electron chi connectivity index (χ4n) is 1.27. The molecule has 1 aromatic rings. The predicted octanol–water partition coefficient (Wildman–Crippen LogP) is 1.43. The van der Waals surface area contributed by atoms with Crippen LogP contribution in [0.3, 0.4) is 0 Å². The largest absolute Gasteiger partial charge is 0.497 e. The predicted molar refractivity (Wildman–Crippen MR) is 60.1 cm³/mol. The summed E-state index contributed by atoms with van der Waals surface area (Å²) >= 11 is 0. The van der Waals surface area contributed by atoms with Crippen molar-refractivity contribution in [3.05, 3.63) is 23.8 Å². The van der Waals surface area contributed by atoms with E-state index in [1.807, 2.05) is 18.2 Å². The van der Waals surface area contributed by atoms with Crippen LogP contribution in [-0.2, 0) is 6.54 Å².